The minimum atomic E-state index is 0.347. The molecule has 2 atom stereocenters. The molecule has 0 saturated carbocycles. The van der Waals surface area contributed by atoms with Crippen LogP contribution in [0.15, 0.2) is 28.7 Å². The van der Waals surface area contributed by atoms with Crippen molar-refractivity contribution in [2.45, 2.75) is 39.3 Å². The Morgan fingerprint density at radius 2 is 2.30 bits per heavy atom. The van der Waals surface area contributed by atoms with Crippen molar-refractivity contribution in [2.24, 2.45) is 4.99 Å². The van der Waals surface area contributed by atoms with Gasteiger partial charge in [-0.15, -0.1) is 23.1 Å². The first-order valence-corrected chi connectivity index (χ1v) is 11.6. The zero-order valence-corrected chi connectivity index (χ0v) is 19.1. The zero-order valence-electron chi connectivity index (χ0n) is 17.5. The molecule has 4 rings (SSSR count). The van der Waals surface area contributed by atoms with Gasteiger partial charge in [0.25, 0.3) is 0 Å². The molecule has 9 heteroatoms. The maximum atomic E-state index is 10.3. The summed E-state index contributed by atoms with van der Waals surface area (Å²) in [5.74, 6) is 1.60. The quantitative estimate of drug-likeness (QED) is 0.302. The number of hydrogen-bond acceptors (Lipinski definition) is 8. The molecule has 2 aromatic heterocycles. The van der Waals surface area contributed by atoms with Crippen molar-refractivity contribution in [3.63, 3.8) is 0 Å². The number of aryl methyl sites for hydroxylation is 3. The molecule has 0 radical (unpaired) electrons. The van der Waals surface area contributed by atoms with E-state index in [1.54, 1.807) is 23.1 Å². The second kappa shape index (κ2) is 10.7. The number of anilines is 1. The predicted octanol–water partition coefficient (Wildman–Crippen LogP) is 3.88. The van der Waals surface area contributed by atoms with Crippen LogP contribution in [0.25, 0.3) is 5.70 Å². The number of morpholine rings is 1. The molecule has 2 saturated heterocycles. The molecule has 2 aromatic rings. The van der Waals surface area contributed by atoms with Crippen LogP contribution >= 0.6 is 23.1 Å². The number of hydrogen-bond donors (Lipinski definition) is 1. The molecule has 0 unspecified atom stereocenters. The lowest BCUT2D eigenvalue weighted by Gasteiger charge is -2.21. The summed E-state index contributed by atoms with van der Waals surface area (Å²) >= 11 is 3.27. The Hall–Kier alpha value is -2.23. The number of nitrogens with one attached hydrogen (secondary N) is 1. The van der Waals surface area contributed by atoms with Crippen LogP contribution in [0, 0.1) is 20.8 Å². The molecule has 160 valence electrons. The number of amides is 1. The van der Waals surface area contributed by atoms with Crippen molar-refractivity contribution in [3.8, 4) is 0 Å². The van der Waals surface area contributed by atoms with E-state index in [0.29, 0.717) is 12.1 Å². The largest absolute Gasteiger partial charge is 0.374 e. The highest BCUT2D eigenvalue weighted by Gasteiger charge is 2.37. The van der Waals surface area contributed by atoms with Gasteiger partial charge in [0.05, 0.1) is 45.9 Å². The normalized spacial score (nSPS) is 20.0. The van der Waals surface area contributed by atoms with Crippen molar-refractivity contribution < 1.29 is 9.53 Å². The van der Waals surface area contributed by atoms with Gasteiger partial charge < -0.3 is 15.0 Å². The van der Waals surface area contributed by atoms with Crippen molar-refractivity contribution in [2.75, 3.05) is 24.3 Å². The van der Waals surface area contributed by atoms with Gasteiger partial charge in [0.1, 0.15) is 5.82 Å². The van der Waals surface area contributed by atoms with Gasteiger partial charge in [0.15, 0.2) is 0 Å². The number of rotatable bonds is 7. The number of pyridine rings is 1. The van der Waals surface area contributed by atoms with E-state index in [0.717, 1.165) is 64.5 Å². The van der Waals surface area contributed by atoms with Crippen LogP contribution in [0.3, 0.4) is 0 Å². The number of thioether (sulfide) groups is 1. The molecule has 7 nitrogen and oxygen atoms in total. The van der Waals surface area contributed by atoms with Crippen LogP contribution in [-0.2, 0) is 9.53 Å². The van der Waals surface area contributed by atoms with Crippen molar-refractivity contribution >= 4 is 47.7 Å². The number of ether oxygens (including phenoxy) is 1. The third-order valence-corrected chi connectivity index (χ3v) is 6.62. The number of aliphatic imine (C=N–C) groups is 1. The molecule has 1 N–H and O–H groups in total. The van der Waals surface area contributed by atoms with Crippen LogP contribution in [-0.4, -0.2) is 59.2 Å². The Morgan fingerprint density at radius 3 is 2.80 bits per heavy atom. The summed E-state index contributed by atoms with van der Waals surface area (Å²) in [4.78, 5) is 26.0. The number of thiazole rings is 1. The van der Waals surface area contributed by atoms with E-state index in [1.807, 2.05) is 49.4 Å². The van der Waals surface area contributed by atoms with Gasteiger partial charge in [0.2, 0.25) is 6.41 Å². The average molecular weight is 446 g/mol. The summed E-state index contributed by atoms with van der Waals surface area (Å²) in [5.41, 5.74) is 3.04. The molecule has 0 spiro atoms. The summed E-state index contributed by atoms with van der Waals surface area (Å²) in [6.07, 6.45) is 4.18. The molecular weight excluding hydrogens is 418 g/mol. The Bertz CT molecular complexity index is 897. The van der Waals surface area contributed by atoms with Gasteiger partial charge in [-0.3, -0.25) is 9.79 Å². The molecule has 2 aliphatic rings. The van der Waals surface area contributed by atoms with Crippen LogP contribution in [0.4, 0.5) is 5.82 Å². The van der Waals surface area contributed by atoms with E-state index in [9.17, 15) is 4.79 Å². The van der Waals surface area contributed by atoms with Gasteiger partial charge in [0, 0.05) is 12.7 Å². The molecular formula is C21H27N5O2S2. The summed E-state index contributed by atoms with van der Waals surface area (Å²) in [6.45, 7) is 11.2. The van der Waals surface area contributed by atoms with E-state index in [1.165, 1.54) is 0 Å². The van der Waals surface area contributed by atoms with Crippen LogP contribution in [0.1, 0.15) is 27.6 Å². The van der Waals surface area contributed by atoms with Crippen LogP contribution in [0.5, 0.6) is 0 Å². The fourth-order valence-electron chi connectivity index (χ4n) is 3.30. The Balaban J connectivity index is 0.000000234. The monoisotopic (exact) mass is 445 g/mol. The first-order valence-electron chi connectivity index (χ1n) is 9.72. The molecule has 4 heterocycles. The van der Waals surface area contributed by atoms with Crippen LogP contribution < -0.4 is 5.32 Å². The SMILES string of the molecule is C=N/C(=C\SCNc1ccc(C)cn1)c1sc(C)nc1C.O=CN1C[C@@H]2C[C@H]1CO2. The van der Waals surface area contributed by atoms with Gasteiger partial charge in [-0.2, -0.15) is 0 Å². The Labute approximate surface area is 185 Å². The standard InChI is InChI=1S/C15H18N4S2.C6H9NO2/c1-10-5-6-14(17-7-10)18-9-20-8-13(16-4)15-11(2)19-12(3)21-15;8-4-7-2-6-1-5(7)3-9-6/h5-8H,4,9H2,1-3H3,(H,17,18);4-6H,1-3H2/b13-8-;/t;5-,6-/m.0/s1. The van der Waals surface area contributed by atoms with Crippen molar-refractivity contribution in [3.05, 3.63) is 44.9 Å². The zero-order chi connectivity index (χ0) is 21.5. The van der Waals surface area contributed by atoms with Gasteiger partial charge in [-0.25, -0.2) is 9.97 Å². The van der Waals surface area contributed by atoms with E-state index in [2.05, 4.69) is 27.0 Å². The maximum absolute atomic E-state index is 10.3. The highest BCUT2D eigenvalue weighted by atomic mass is 32.2. The third kappa shape index (κ3) is 5.90. The fourth-order valence-corrected chi connectivity index (χ4v) is 4.94. The Morgan fingerprint density at radius 1 is 1.47 bits per heavy atom. The topological polar surface area (TPSA) is 79.7 Å². The highest BCUT2D eigenvalue weighted by molar-refractivity contribution is 8.02. The van der Waals surface area contributed by atoms with Gasteiger partial charge >= 0.3 is 0 Å². The number of aromatic nitrogens is 2. The molecule has 0 aliphatic carbocycles. The van der Waals surface area contributed by atoms with Crippen molar-refractivity contribution in [1.82, 2.24) is 14.9 Å². The summed E-state index contributed by atoms with van der Waals surface area (Å²) in [5, 5.41) is 6.31. The second-order valence-electron chi connectivity index (χ2n) is 7.16. The number of nitrogens with zero attached hydrogens (tertiary/aromatic N) is 4. The highest BCUT2D eigenvalue weighted by Crippen LogP contribution is 2.28. The maximum Gasteiger partial charge on any atom is 0.210 e. The number of fused-ring (bicyclic) bond motifs is 2. The number of likely N-dealkylation sites (tertiary alicyclic amines) is 1. The average Bonchev–Trinajstić information content (AvgIpc) is 3.45. The van der Waals surface area contributed by atoms with Crippen LogP contribution in [0.2, 0.25) is 0 Å². The predicted molar refractivity (Wildman–Crippen MR) is 125 cm³/mol. The van der Waals surface area contributed by atoms with Gasteiger partial charge in [-0.05, 0) is 50.9 Å². The minimum Gasteiger partial charge on any atom is -0.374 e. The lowest BCUT2D eigenvalue weighted by atomic mass is 10.2. The van der Waals surface area contributed by atoms with Gasteiger partial charge in [-0.1, -0.05) is 6.07 Å². The Kier molecular flexibility index (Phi) is 8.01. The lowest BCUT2D eigenvalue weighted by molar-refractivity contribution is -0.122. The second-order valence-corrected chi connectivity index (χ2v) is 9.23. The summed E-state index contributed by atoms with van der Waals surface area (Å²) in [7, 11) is 0. The summed E-state index contributed by atoms with van der Waals surface area (Å²) in [6, 6.07) is 4.41. The van der Waals surface area contributed by atoms with E-state index in [4.69, 9.17) is 4.74 Å². The smallest absolute Gasteiger partial charge is 0.210 e. The molecule has 2 aliphatic heterocycles. The molecule has 2 bridgehead atoms. The van der Waals surface area contributed by atoms with E-state index < -0.39 is 0 Å². The first kappa shape index (κ1) is 22.5. The number of carbonyl (C=O) groups excluding carboxylic acids is 1. The molecule has 0 aromatic carbocycles. The fraction of sp³-hybridized carbons (Fsp3) is 0.429. The molecule has 2 fully saturated rings. The minimum absolute atomic E-state index is 0.347. The first-order chi connectivity index (χ1) is 14.5. The molecule has 30 heavy (non-hydrogen) atoms. The van der Waals surface area contributed by atoms with E-state index >= 15 is 0 Å². The summed E-state index contributed by atoms with van der Waals surface area (Å²) < 4.78 is 5.28. The third-order valence-electron chi connectivity index (χ3n) is 4.83. The molecule has 1 amide bonds. The number of carbonyl (C=O) groups is 1. The lowest BCUT2D eigenvalue weighted by Crippen LogP contribution is -2.35. The van der Waals surface area contributed by atoms with Crippen molar-refractivity contribution in [1.29, 1.82) is 0 Å². The van der Waals surface area contributed by atoms with E-state index in [-0.39, 0.29) is 0 Å².